The van der Waals surface area contributed by atoms with Gasteiger partial charge in [-0.3, -0.25) is 9.78 Å². The van der Waals surface area contributed by atoms with Crippen molar-refractivity contribution in [3.05, 3.63) is 65.2 Å². The van der Waals surface area contributed by atoms with Crippen LogP contribution >= 0.6 is 0 Å². The molecule has 1 aromatic heterocycles. The van der Waals surface area contributed by atoms with E-state index in [1.165, 1.54) is 17.7 Å². The lowest BCUT2D eigenvalue weighted by Gasteiger charge is -2.22. The monoisotopic (exact) mass is 341 g/mol. The molecule has 0 radical (unpaired) electrons. The molecule has 3 rings (SSSR count). The number of hydrogen-bond donors (Lipinski definition) is 0. The minimum Gasteiger partial charge on any atom is -0.338 e. The van der Waals surface area contributed by atoms with E-state index in [9.17, 15) is 9.18 Å². The number of rotatable bonds is 5. The van der Waals surface area contributed by atoms with Crippen molar-refractivity contribution in [3.63, 3.8) is 0 Å². The van der Waals surface area contributed by atoms with Gasteiger partial charge >= 0.3 is 0 Å². The second kappa shape index (κ2) is 7.74. The van der Waals surface area contributed by atoms with Crippen molar-refractivity contribution >= 4 is 5.91 Å². The van der Waals surface area contributed by atoms with Gasteiger partial charge in [-0.15, -0.1) is 0 Å². The maximum Gasteiger partial charge on any atom is 0.254 e. The summed E-state index contributed by atoms with van der Waals surface area (Å²) in [4.78, 5) is 21.0. The lowest BCUT2D eigenvalue weighted by Crippen LogP contribution is -2.32. The Bertz CT molecular complexity index is 735. The van der Waals surface area contributed by atoms with Crippen LogP contribution in [-0.2, 0) is 6.54 Å². The van der Waals surface area contributed by atoms with Gasteiger partial charge in [-0.05, 0) is 61.7 Å². The highest BCUT2D eigenvalue weighted by atomic mass is 19.1. The molecule has 132 valence electrons. The fraction of sp³-hybridized carbons (Fsp3) is 0.400. The van der Waals surface area contributed by atoms with Crippen LogP contribution in [0.2, 0.25) is 0 Å². The standard InChI is InChI=1S/C20H24FN3O/c1-15-10-18(21)5-6-19(15)20(25)24-9-7-17(14-24)13-23(2)12-16-4-3-8-22-11-16/h3-6,8,10-11,17H,7,9,12-14H2,1-2H3/t17-/m1/s1. The van der Waals surface area contributed by atoms with Gasteiger partial charge in [-0.2, -0.15) is 0 Å². The molecule has 1 fully saturated rings. The number of carbonyl (C=O) groups is 1. The van der Waals surface area contributed by atoms with Crippen molar-refractivity contribution in [2.75, 3.05) is 26.7 Å². The fourth-order valence-corrected chi connectivity index (χ4v) is 3.51. The van der Waals surface area contributed by atoms with E-state index in [0.717, 1.165) is 32.6 Å². The van der Waals surface area contributed by atoms with Crippen molar-refractivity contribution in [2.24, 2.45) is 5.92 Å². The normalized spacial score (nSPS) is 17.3. The van der Waals surface area contributed by atoms with Gasteiger partial charge in [0.05, 0.1) is 0 Å². The van der Waals surface area contributed by atoms with Gasteiger partial charge in [0, 0.05) is 44.1 Å². The molecule has 0 bridgehead atoms. The summed E-state index contributed by atoms with van der Waals surface area (Å²) >= 11 is 0. The number of aromatic nitrogens is 1. The minimum atomic E-state index is -0.301. The minimum absolute atomic E-state index is 0.00918. The number of hydrogen-bond acceptors (Lipinski definition) is 3. The first kappa shape index (κ1) is 17.5. The molecule has 1 aromatic carbocycles. The van der Waals surface area contributed by atoms with E-state index >= 15 is 0 Å². The Hall–Kier alpha value is -2.27. The Balaban J connectivity index is 1.55. The number of aryl methyl sites for hydroxylation is 1. The van der Waals surface area contributed by atoms with Crippen LogP contribution in [0.15, 0.2) is 42.7 Å². The van der Waals surface area contributed by atoms with Crippen molar-refractivity contribution in [2.45, 2.75) is 19.9 Å². The van der Waals surface area contributed by atoms with Gasteiger partial charge in [-0.1, -0.05) is 6.07 Å². The van der Waals surface area contributed by atoms with Gasteiger partial charge in [0.25, 0.3) is 5.91 Å². The molecule has 1 amide bonds. The molecule has 2 aromatic rings. The first-order chi connectivity index (χ1) is 12.0. The van der Waals surface area contributed by atoms with E-state index in [4.69, 9.17) is 0 Å². The summed E-state index contributed by atoms with van der Waals surface area (Å²) in [5.74, 6) is 0.173. The van der Waals surface area contributed by atoms with Crippen LogP contribution in [0, 0.1) is 18.7 Å². The van der Waals surface area contributed by atoms with Crippen LogP contribution in [0.25, 0.3) is 0 Å². The van der Waals surface area contributed by atoms with Crippen molar-refractivity contribution in [1.82, 2.24) is 14.8 Å². The summed E-state index contributed by atoms with van der Waals surface area (Å²) in [6.45, 7) is 5.11. The Morgan fingerprint density at radius 2 is 2.24 bits per heavy atom. The molecule has 0 spiro atoms. The van der Waals surface area contributed by atoms with Gasteiger partial charge in [-0.25, -0.2) is 4.39 Å². The van der Waals surface area contributed by atoms with Crippen LogP contribution in [0.4, 0.5) is 4.39 Å². The van der Waals surface area contributed by atoms with E-state index in [2.05, 4.69) is 23.0 Å². The van der Waals surface area contributed by atoms with Gasteiger partial charge in [0.1, 0.15) is 5.82 Å². The molecule has 1 aliphatic rings. The van der Waals surface area contributed by atoms with Crippen LogP contribution in [0.3, 0.4) is 0 Å². The van der Waals surface area contributed by atoms with Crippen molar-refractivity contribution in [1.29, 1.82) is 0 Å². The topological polar surface area (TPSA) is 36.4 Å². The Morgan fingerprint density at radius 3 is 2.96 bits per heavy atom. The predicted octanol–water partition coefficient (Wildman–Crippen LogP) is 3.12. The average Bonchev–Trinajstić information content (AvgIpc) is 3.03. The first-order valence-electron chi connectivity index (χ1n) is 8.66. The zero-order chi connectivity index (χ0) is 17.8. The molecule has 5 heteroatoms. The summed E-state index contributed by atoms with van der Waals surface area (Å²) in [5, 5.41) is 0. The Labute approximate surface area is 148 Å². The van der Waals surface area contributed by atoms with Crippen molar-refractivity contribution in [3.8, 4) is 0 Å². The molecule has 1 atom stereocenters. The highest BCUT2D eigenvalue weighted by molar-refractivity contribution is 5.95. The van der Waals surface area contributed by atoms with E-state index in [1.807, 2.05) is 17.2 Å². The van der Waals surface area contributed by atoms with Crippen LogP contribution in [0.5, 0.6) is 0 Å². The third-order valence-electron chi connectivity index (χ3n) is 4.74. The molecule has 1 saturated heterocycles. The van der Waals surface area contributed by atoms with E-state index in [-0.39, 0.29) is 11.7 Å². The van der Waals surface area contributed by atoms with E-state index < -0.39 is 0 Å². The van der Waals surface area contributed by atoms with Gasteiger partial charge in [0.2, 0.25) is 0 Å². The Kier molecular flexibility index (Phi) is 5.43. The molecule has 0 aliphatic carbocycles. The molecular formula is C20H24FN3O. The number of amides is 1. The lowest BCUT2D eigenvalue weighted by molar-refractivity contribution is 0.0783. The molecule has 0 saturated carbocycles. The van der Waals surface area contributed by atoms with Gasteiger partial charge in [0.15, 0.2) is 0 Å². The van der Waals surface area contributed by atoms with Gasteiger partial charge < -0.3 is 9.80 Å². The quantitative estimate of drug-likeness (QED) is 0.838. The van der Waals surface area contributed by atoms with Crippen LogP contribution < -0.4 is 0 Å². The first-order valence-corrected chi connectivity index (χ1v) is 8.66. The predicted molar refractivity (Wildman–Crippen MR) is 95.7 cm³/mol. The summed E-state index contributed by atoms with van der Waals surface area (Å²) < 4.78 is 13.2. The molecule has 1 aliphatic heterocycles. The largest absolute Gasteiger partial charge is 0.338 e. The number of benzene rings is 1. The average molecular weight is 341 g/mol. The summed E-state index contributed by atoms with van der Waals surface area (Å²) in [6.07, 6.45) is 4.67. The van der Waals surface area contributed by atoms with E-state index in [0.29, 0.717) is 17.0 Å². The molecule has 2 heterocycles. The summed E-state index contributed by atoms with van der Waals surface area (Å²) in [5.41, 5.74) is 2.49. The smallest absolute Gasteiger partial charge is 0.254 e. The zero-order valence-electron chi connectivity index (χ0n) is 14.8. The maximum absolute atomic E-state index is 13.2. The second-order valence-electron chi connectivity index (χ2n) is 6.92. The number of carbonyl (C=O) groups excluding carboxylic acids is 1. The third-order valence-corrected chi connectivity index (χ3v) is 4.74. The highest BCUT2D eigenvalue weighted by Crippen LogP contribution is 2.21. The Morgan fingerprint density at radius 1 is 1.40 bits per heavy atom. The lowest BCUT2D eigenvalue weighted by atomic mass is 10.1. The number of nitrogens with zero attached hydrogens (tertiary/aromatic N) is 3. The molecular weight excluding hydrogens is 317 g/mol. The molecule has 25 heavy (non-hydrogen) atoms. The number of halogens is 1. The summed E-state index contributed by atoms with van der Waals surface area (Å²) in [6, 6.07) is 8.39. The van der Waals surface area contributed by atoms with Crippen LogP contribution in [-0.4, -0.2) is 47.4 Å². The molecule has 0 N–H and O–H groups in total. The third kappa shape index (κ3) is 4.42. The zero-order valence-corrected chi connectivity index (χ0v) is 14.8. The van der Waals surface area contributed by atoms with Crippen molar-refractivity contribution < 1.29 is 9.18 Å². The molecule has 4 nitrogen and oxygen atoms in total. The van der Waals surface area contributed by atoms with Crippen LogP contribution in [0.1, 0.15) is 27.9 Å². The van der Waals surface area contributed by atoms with E-state index in [1.54, 1.807) is 19.2 Å². The summed E-state index contributed by atoms with van der Waals surface area (Å²) in [7, 11) is 2.10. The fourth-order valence-electron chi connectivity index (χ4n) is 3.51. The maximum atomic E-state index is 13.2. The number of likely N-dealkylation sites (tertiary alicyclic amines) is 1. The molecule has 0 unspecified atom stereocenters. The highest BCUT2D eigenvalue weighted by Gasteiger charge is 2.28. The second-order valence-corrected chi connectivity index (χ2v) is 6.92. The number of pyridine rings is 1. The SMILES string of the molecule is Cc1cc(F)ccc1C(=O)N1CC[C@H](CN(C)Cc2cccnc2)C1.